The number of ether oxygens (including phenoxy) is 1. The Labute approximate surface area is 129 Å². The van der Waals surface area contributed by atoms with Crippen LogP contribution in [-0.4, -0.2) is 48.3 Å². The normalized spacial score (nSPS) is 16.7. The highest BCUT2D eigenvalue weighted by Gasteiger charge is 2.37. The average molecular weight is 332 g/mol. The molecule has 23 heavy (non-hydrogen) atoms. The first-order valence-corrected chi connectivity index (χ1v) is 6.83. The van der Waals surface area contributed by atoms with E-state index in [1.165, 1.54) is 11.0 Å². The second kappa shape index (κ2) is 6.86. The molecule has 1 atom stereocenters. The smallest absolute Gasteiger partial charge is 0.416 e. The Morgan fingerprint density at radius 3 is 2.39 bits per heavy atom. The number of amides is 2. The number of nitrogens with one attached hydrogen (secondary N) is 1. The van der Waals surface area contributed by atoms with Crippen LogP contribution in [0, 0.1) is 0 Å². The summed E-state index contributed by atoms with van der Waals surface area (Å²) in [6.45, 7) is 1.09. The fourth-order valence-electron chi connectivity index (χ4n) is 2.26. The molecule has 0 aromatic heterocycles. The molecule has 0 spiro atoms. The molecule has 0 saturated carbocycles. The van der Waals surface area contributed by atoms with Gasteiger partial charge < -0.3 is 20.1 Å². The van der Waals surface area contributed by atoms with Crippen molar-refractivity contribution in [2.24, 2.45) is 0 Å². The molecule has 1 saturated heterocycles. The molecule has 0 aliphatic carbocycles. The average Bonchev–Trinajstić information content (AvgIpc) is 2.52. The monoisotopic (exact) mass is 332 g/mol. The molecule has 6 nitrogen and oxygen atoms in total. The van der Waals surface area contributed by atoms with Gasteiger partial charge in [-0.15, -0.1) is 0 Å². The number of carboxylic acids is 1. The van der Waals surface area contributed by atoms with E-state index in [4.69, 9.17) is 4.74 Å². The summed E-state index contributed by atoms with van der Waals surface area (Å²) in [4.78, 5) is 24.7. The van der Waals surface area contributed by atoms with E-state index in [-0.39, 0.29) is 13.1 Å². The summed E-state index contributed by atoms with van der Waals surface area (Å²) in [6, 6.07) is 1.75. The van der Waals surface area contributed by atoms with E-state index in [0.29, 0.717) is 13.2 Å². The second-order valence-corrected chi connectivity index (χ2v) is 4.91. The number of urea groups is 1. The van der Waals surface area contributed by atoms with E-state index >= 15 is 0 Å². The molecule has 9 heteroatoms. The Morgan fingerprint density at radius 2 is 1.83 bits per heavy atom. The van der Waals surface area contributed by atoms with Gasteiger partial charge in [-0.2, -0.15) is 13.2 Å². The molecule has 0 radical (unpaired) electrons. The molecule has 2 rings (SSSR count). The SMILES string of the molecule is O=C(O)C(NC(=O)N1CCOCC1)c1ccccc1C(F)(F)F. The van der Waals surface area contributed by atoms with Gasteiger partial charge in [-0.1, -0.05) is 18.2 Å². The van der Waals surface area contributed by atoms with Crippen molar-refractivity contribution < 1.29 is 32.6 Å². The quantitative estimate of drug-likeness (QED) is 0.886. The van der Waals surface area contributed by atoms with Crippen LogP contribution >= 0.6 is 0 Å². The molecule has 126 valence electrons. The van der Waals surface area contributed by atoms with Crippen LogP contribution in [0.1, 0.15) is 17.2 Å². The van der Waals surface area contributed by atoms with Gasteiger partial charge in [-0.3, -0.25) is 0 Å². The number of morpholine rings is 1. The fourth-order valence-corrected chi connectivity index (χ4v) is 2.26. The second-order valence-electron chi connectivity index (χ2n) is 4.91. The summed E-state index contributed by atoms with van der Waals surface area (Å²) in [5.74, 6) is -1.57. The zero-order chi connectivity index (χ0) is 17.0. The maximum atomic E-state index is 13.0. The lowest BCUT2D eigenvalue weighted by atomic mass is 10.00. The number of carbonyl (C=O) groups excluding carboxylic acids is 1. The minimum absolute atomic E-state index is 0.249. The zero-order valence-electron chi connectivity index (χ0n) is 12.0. The lowest BCUT2D eigenvalue weighted by Crippen LogP contribution is -2.48. The highest BCUT2D eigenvalue weighted by Crippen LogP contribution is 2.34. The highest BCUT2D eigenvalue weighted by molar-refractivity contribution is 5.84. The van der Waals surface area contributed by atoms with E-state index < -0.39 is 35.3 Å². The minimum Gasteiger partial charge on any atom is -0.479 e. The number of aliphatic carboxylic acids is 1. The third-order valence-electron chi connectivity index (χ3n) is 3.39. The van der Waals surface area contributed by atoms with Gasteiger partial charge in [0, 0.05) is 13.1 Å². The van der Waals surface area contributed by atoms with E-state index in [2.05, 4.69) is 5.32 Å². The minimum atomic E-state index is -4.71. The lowest BCUT2D eigenvalue weighted by Gasteiger charge is -2.29. The topological polar surface area (TPSA) is 78.9 Å². The summed E-state index contributed by atoms with van der Waals surface area (Å²) in [5.41, 5.74) is -1.59. The predicted octanol–water partition coefficient (Wildman–Crippen LogP) is 1.87. The first-order valence-electron chi connectivity index (χ1n) is 6.83. The van der Waals surface area contributed by atoms with Gasteiger partial charge in [0.25, 0.3) is 0 Å². The van der Waals surface area contributed by atoms with Crippen molar-refractivity contribution in [2.75, 3.05) is 26.3 Å². The van der Waals surface area contributed by atoms with Crippen LogP contribution < -0.4 is 5.32 Å². The summed E-state index contributed by atoms with van der Waals surface area (Å²) >= 11 is 0. The first-order chi connectivity index (χ1) is 10.8. The van der Waals surface area contributed by atoms with Gasteiger partial charge in [0.05, 0.1) is 18.8 Å². The van der Waals surface area contributed by atoms with Gasteiger partial charge in [0.2, 0.25) is 0 Å². The first kappa shape index (κ1) is 17.1. The highest BCUT2D eigenvalue weighted by atomic mass is 19.4. The molecule has 1 aromatic carbocycles. The number of carboxylic acid groups (broad SMARTS) is 1. The largest absolute Gasteiger partial charge is 0.479 e. The Kier molecular flexibility index (Phi) is 5.09. The van der Waals surface area contributed by atoms with Crippen LogP contribution in [0.5, 0.6) is 0 Å². The molecule has 2 N–H and O–H groups in total. The van der Waals surface area contributed by atoms with E-state index in [9.17, 15) is 27.9 Å². The van der Waals surface area contributed by atoms with Crippen LogP contribution in [0.2, 0.25) is 0 Å². The van der Waals surface area contributed by atoms with Crippen LogP contribution in [0.15, 0.2) is 24.3 Å². The maximum Gasteiger partial charge on any atom is 0.416 e. The van der Waals surface area contributed by atoms with Crippen molar-refractivity contribution in [1.29, 1.82) is 0 Å². The zero-order valence-corrected chi connectivity index (χ0v) is 12.0. The number of carbonyl (C=O) groups is 2. The summed E-state index contributed by atoms with van der Waals surface area (Å²) < 4.78 is 44.2. The van der Waals surface area contributed by atoms with Crippen molar-refractivity contribution in [2.45, 2.75) is 12.2 Å². The number of hydrogen-bond acceptors (Lipinski definition) is 3. The summed E-state index contributed by atoms with van der Waals surface area (Å²) in [5, 5.41) is 11.4. The fraction of sp³-hybridized carbons (Fsp3) is 0.429. The van der Waals surface area contributed by atoms with Crippen molar-refractivity contribution >= 4 is 12.0 Å². The maximum absolute atomic E-state index is 13.0. The molecule has 1 fully saturated rings. The van der Waals surface area contributed by atoms with E-state index in [0.717, 1.165) is 18.2 Å². The predicted molar refractivity (Wildman–Crippen MR) is 72.7 cm³/mol. The molecular formula is C14H15F3N2O4. The molecule has 1 unspecified atom stereocenters. The molecular weight excluding hydrogens is 317 g/mol. The Morgan fingerprint density at radius 1 is 1.22 bits per heavy atom. The molecule has 1 aromatic rings. The van der Waals surface area contributed by atoms with Crippen LogP contribution in [0.25, 0.3) is 0 Å². The Bertz CT molecular complexity index is 586. The Balaban J connectivity index is 2.26. The summed E-state index contributed by atoms with van der Waals surface area (Å²) in [7, 11) is 0. The van der Waals surface area contributed by atoms with Crippen LogP contribution in [0.4, 0.5) is 18.0 Å². The van der Waals surface area contributed by atoms with Crippen molar-refractivity contribution in [3.05, 3.63) is 35.4 Å². The van der Waals surface area contributed by atoms with Gasteiger partial charge in [0.15, 0.2) is 6.04 Å². The lowest BCUT2D eigenvalue weighted by molar-refractivity contribution is -0.142. The van der Waals surface area contributed by atoms with Gasteiger partial charge in [-0.05, 0) is 11.6 Å². The third kappa shape index (κ3) is 4.13. The van der Waals surface area contributed by atoms with Crippen molar-refractivity contribution in [1.82, 2.24) is 10.2 Å². The molecule has 1 aliphatic heterocycles. The molecule has 1 heterocycles. The van der Waals surface area contributed by atoms with Crippen LogP contribution in [-0.2, 0) is 15.7 Å². The number of benzene rings is 1. The van der Waals surface area contributed by atoms with Crippen molar-refractivity contribution in [3.63, 3.8) is 0 Å². The van der Waals surface area contributed by atoms with E-state index in [1.54, 1.807) is 0 Å². The Hall–Kier alpha value is -2.29. The van der Waals surface area contributed by atoms with Gasteiger partial charge in [0.1, 0.15) is 0 Å². The standard InChI is InChI=1S/C14H15F3N2O4/c15-14(16,17)10-4-2-1-3-9(10)11(12(20)21)18-13(22)19-5-7-23-8-6-19/h1-4,11H,5-8H2,(H,18,22)(H,20,21). The van der Waals surface area contributed by atoms with Gasteiger partial charge in [-0.25, -0.2) is 9.59 Å². The van der Waals surface area contributed by atoms with E-state index in [1.807, 2.05) is 0 Å². The molecule has 1 aliphatic rings. The van der Waals surface area contributed by atoms with Crippen LogP contribution in [0.3, 0.4) is 0 Å². The number of nitrogens with zero attached hydrogens (tertiary/aromatic N) is 1. The molecule has 2 amide bonds. The third-order valence-corrected chi connectivity index (χ3v) is 3.39. The number of hydrogen-bond donors (Lipinski definition) is 2. The van der Waals surface area contributed by atoms with Crippen molar-refractivity contribution in [3.8, 4) is 0 Å². The number of rotatable bonds is 3. The number of alkyl halides is 3. The molecule has 0 bridgehead atoms. The van der Waals surface area contributed by atoms with Gasteiger partial charge >= 0.3 is 18.2 Å². The summed E-state index contributed by atoms with van der Waals surface area (Å²) in [6.07, 6.45) is -4.71. The number of halogens is 3.